The van der Waals surface area contributed by atoms with E-state index in [2.05, 4.69) is 26.8 Å². The summed E-state index contributed by atoms with van der Waals surface area (Å²) in [6, 6.07) is 6.16. The summed E-state index contributed by atoms with van der Waals surface area (Å²) in [5.74, 6) is 1.22. The van der Waals surface area contributed by atoms with Crippen molar-refractivity contribution in [1.29, 1.82) is 0 Å². The number of carbonyl (C=O) groups is 1. The molecule has 2 nitrogen and oxygen atoms in total. The molecule has 0 spiro atoms. The lowest BCUT2D eigenvalue weighted by molar-refractivity contribution is 0.0628. The minimum absolute atomic E-state index is 0.0947. The van der Waals surface area contributed by atoms with Crippen molar-refractivity contribution in [1.82, 2.24) is 4.90 Å². The van der Waals surface area contributed by atoms with Gasteiger partial charge in [-0.25, -0.2) is 0 Å². The Kier molecular flexibility index (Phi) is 3.98. The molecule has 0 saturated carbocycles. The number of likely N-dealkylation sites (tertiary alicyclic amines) is 1. The monoisotopic (exact) mass is 321 g/mol. The molecule has 21 heavy (non-hydrogen) atoms. The van der Waals surface area contributed by atoms with Gasteiger partial charge in [0, 0.05) is 23.2 Å². The fourth-order valence-electron chi connectivity index (χ4n) is 3.28. The van der Waals surface area contributed by atoms with Crippen LogP contribution in [-0.4, -0.2) is 23.9 Å². The van der Waals surface area contributed by atoms with Crippen molar-refractivity contribution in [3.8, 4) is 0 Å². The van der Waals surface area contributed by atoms with Crippen molar-refractivity contribution >= 4 is 38.9 Å². The summed E-state index contributed by atoms with van der Waals surface area (Å²) < 4.78 is 1.10. The summed E-state index contributed by atoms with van der Waals surface area (Å²) in [4.78, 5) is 15.5. The highest BCUT2D eigenvalue weighted by atomic mass is 35.5. The highest BCUT2D eigenvalue weighted by Crippen LogP contribution is 2.37. The largest absolute Gasteiger partial charge is 0.337 e. The van der Waals surface area contributed by atoms with E-state index < -0.39 is 0 Å². The SMILES string of the molecule is Cc1ccc2c(Cl)c(C(=O)N3CC(C)CC(C)C3)sc2c1. The van der Waals surface area contributed by atoms with Crippen molar-refractivity contribution in [2.24, 2.45) is 11.8 Å². The van der Waals surface area contributed by atoms with Gasteiger partial charge in [-0.3, -0.25) is 4.79 Å². The number of carbonyl (C=O) groups excluding carboxylic acids is 1. The van der Waals surface area contributed by atoms with Gasteiger partial charge in [-0.15, -0.1) is 11.3 Å². The number of rotatable bonds is 1. The summed E-state index contributed by atoms with van der Waals surface area (Å²) in [7, 11) is 0. The molecule has 2 heterocycles. The number of fused-ring (bicyclic) bond motifs is 1. The summed E-state index contributed by atoms with van der Waals surface area (Å²) in [6.45, 7) is 8.17. The number of nitrogens with zero attached hydrogens (tertiary/aromatic N) is 1. The van der Waals surface area contributed by atoms with Crippen LogP contribution in [0.3, 0.4) is 0 Å². The summed E-state index contributed by atoms with van der Waals surface area (Å²) in [5, 5.41) is 1.61. The van der Waals surface area contributed by atoms with E-state index in [1.807, 2.05) is 17.0 Å². The van der Waals surface area contributed by atoms with Crippen LogP contribution in [0.15, 0.2) is 18.2 Å². The predicted octanol–water partition coefficient (Wildman–Crippen LogP) is 4.98. The van der Waals surface area contributed by atoms with E-state index in [1.54, 1.807) is 0 Å². The molecule has 0 N–H and O–H groups in total. The Morgan fingerprint density at radius 1 is 1.29 bits per heavy atom. The molecule has 1 fully saturated rings. The average molecular weight is 322 g/mol. The van der Waals surface area contributed by atoms with E-state index >= 15 is 0 Å². The Hall–Kier alpha value is -1.06. The normalized spacial score (nSPS) is 22.8. The molecule has 0 bridgehead atoms. The van der Waals surface area contributed by atoms with E-state index in [1.165, 1.54) is 23.3 Å². The van der Waals surface area contributed by atoms with Crippen molar-refractivity contribution in [3.05, 3.63) is 33.7 Å². The molecule has 4 heteroatoms. The molecule has 1 aromatic heterocycles. The topological polar surface area (TPSA) is 20.3 Å². The average Bonchev–Trinajstić information content (AvgIpc) is 2.73. The predicted molar refractivity (Wildman–Crippen MR) is 90.4 cm³/mol. The first-order valence-electron chi connectivity index (χ1n) is 7.43. The molecular weight excluding hydrogens is 302 g/mol. The maximum absolute atomic E-state index is 12.8. The number of amides is 1. The van der Waals surface area contributed by atoms with Crippen LogP contribution < -0.4 is 0 Å². The Bertz CT molecular complexity index is 683. The molecule has 2 unspecified atom stereocenters. The number of halogens is 1. The number of piperidine rings is 1. The van der Waals surface area contributed by atoms with E-state index in [0.717, 1.165) is 23.2 Å². The molecular formula is C17H20ClNOS. The molecule has 0 aliphatic carbocycles. The van der Waals surface area contributed by atoms with Gasteiger partial charge in [0.1, 0.15) is 4.88 Å². The zero-order valence-electron chi connectivity index (χ0n) is 12.6. The molecule has 1 aromatic carbocycles. The zero-order valence-corrected chi connectivity index (χ0v) is 14.2. The second-order valence-electron chi connectivity index (χ2n) is 6.40. The molecule has 3 rings (SSSR count). The summed E-state index contributed by atoms with van der Waals surface area (Å²) >= 11 is 7.98. The van der Waals surface area contributed by atoms with Crippen LogP contribution in [0.2, 0.25) is 5.02 Å². The smallest absolute Gasteiger partial charge is 0.265 e. The number of thiophene rings is 1. The fraction of sp³-hybridized carbons (Fsp3) is 0.471. The van der Waals surface area contributed by atoms with Crippen molar-refractivity contribution < 1.29 is 4.79 Å². The lowest BCUT2D eigenvalue weighted by Crippen LogP contribution is -2.42. The summed E-state index contributed by atoms with van der Waals surface area (Å²) in [5.41, 5.74) is 1.19. The first kappa shape index (κ1) is 14.9. The second kappa shape index (κ2) is 5.62. The van der Waals surface area contributed by atoms with Crippen LogP contribution >= 0.6 is 22.9 Å². The van der Waals surface area contributed by atoms with Gasteiger partial charge in [-0.1, -0.05) is 37.6 Å². The van der Waals surface area contributed by atoms with Crippen LogP contribution in [0.5, 0.6) is 0 Å². The molecule has 1 aliphatic heterocycles. The van der Waals surface area contributed by atoms with Crippen molar-refractivity contribution in [2.45, 2.75) is 27.2 Å². The van der Waals surface area contributed by atoms with Crippen molar-refractivity contribution in [2.75, 3.05) is 13.1 Å². The van der Waals surface area contributed by atoms with Crippen LogP contribution in [0.25, 0.3) is 10.1 Å². The maximum Gasteiger partial charge on any atom is 0.265 e. The third kappa shape index (κ3) is 2.82. The van der Waals surface area contributed by atoms with Crippen LogP contribution in [0.1, 0.15) is 35.5 Å². The van der Waals surface area contributed by atoms with Gasteiger partial charge >= 0.3 is 0 Å². The Labute approximate surface area is 134 Å². The van der Waals surface area contributed by atoms with E-state index in [0.29, 0.717) is 21.7 Å². The quantitative estimate of drug-likeness (QED) is 0.725. The molecule has 0 radical (unpaired) electrons. The minimum atomic E-state index is 0.0947. The lowest BCUT2D eigenvalue weighted by atomic mass is 9.92. The van der Waals surface area contributed by atoms with E-state index in [4.69, 9.17) is 11.6 Å². The van der Waals surface area contributed by atoms with Gasteiger partial charge in [0.2, 0.25) is 0 Å². The van der Waals surface area contributed by atoms with Crippen LogP contribution in [-0.2, 0) is 0 Å². The highest BCUT2D eigenvalue weighted by molar-refractivity contribution is 7.21. The van der Waals surface area contributed by atoms with Gasteiger partial charge in [0.05, 0.1) is 5.02 Å². The Balaban J connectivity index is 1.96. The highest BCUT2D eigenvalue weighted by Gasteiger charge is 2.28. The third-order valence-electron chi connectivity index (χ3n) is 4.14. The first-order chi connectivity index (χ1) is 9.95. The molecule has 112 valence electrons. The number of hydrogen-bond acceptors (Lipinski definition) is 2. The number of aryl methyl sites for hydroxylation is 1. The maximum atomic E-state index is 12.8. The van der Waals surface area contributed by atoms with Gasteiger partial charge in [-0.2, -0.15) is 0 Å². The van der Waals surface area contributed by atoms with Crippen LogP contribution in [0, 0.1) is 18.8 Å². The standard InChI is InChI=1S/C17H20ClNOS/c1-10-4-5-13-14(7-10)21-16(15(13)18)17(20)19-8-11(2)6-12(3)9-19/h4-5,7,11-12H,6,8-9H2,1-3H3. The molecule has 1 aliphatic rings. The molecule has 1 amide bonds. The van der Waals surface area contributed by atoms with Gasteiger partial charge in [0.15, 0.2) is 0 Å². The van der Waals surface area contributed by atoms with Gasteiger partial charge in [-0.05, 0) is 36.8 Å². The lowest BCUT2D eigenvalue weighted by Gasteiger charge is -2.34. The molecule has 2 aromatic rings. The molecule has 2 atom stereocenters. The Morgan fingerprint density at radius 3 is 2.62 bits per heavy atom. The van der Waals surface area contributed by atoms with Gasteiger partial charge in [0.25, 0.3) is 5.91 Å². The zero-order chi connectivity index (χ0) is 15.1. The first-order valence-corrected chi connectivity index (χ1v) is 8.63. The number of benzene rings is 1. The second-order valence-corrected chi connectivity index (χ2v) is 7.83. The van der Waals surface area contributed by atoms with Crippen LogP contribution in [0.4, 0.5) is 0 Å². The van der Waals surface area contributed by atoms with E-state index in [9.17, 15) is 4.79 Å². The molecule has 1 saturated heterocycles. The van der Waals surface area contributed by atoms with Crippen molar-refractivity contribution in [3.63, 3.8) is 0 Å². The minimum Gasteiger partial charge on any atom is -0.337 e. The summed E-state index contributed by atoms with van der Waals surface area (Å²) in [6.07, 6.45) is 1.20. The van der Waals surface area contributed by atoms with Gasteiger partial charge < -0.3 is 4.90 Å². The van der Waals surface area contributed by atoms with E-state index in [-0.39, 0.29) is 5.91 Å². The Morgan fingerprint density at radius 2 is 1.95 bits per heavy atom. The fourth-order valence-corrected chi connectivity index (χ4v) is 4.86. The third-order valence-corrected chi connectivity index (χ3v) is 5.78. The number of hydrogen-bond donors (Lipinski definition) is 0.